The van der Waals surface area contributed by atoms with Crippen molar-refractivity contribution in [1.29, 1.82) is 0 Å². The van der Waals surface area contributed by atoms with Crippen LogP contribution in [-0.2, 0) is 0 Å². The van der Waals surface area contributed by atoms with Crippen LogP contribution >= 0.6 is 0 Å². The highest BCUT2D eigenvalue weighted by atomic mass is 19.4. The number of ether oxygens (including phenoxy) is 1. The number of halogens is 4. The van der Waals surface area contributed by atoms with Crippen LogP contribution in [0.3, 0.4) is 0 Å². The number of hydrogen-bond acceptors (Lipinski definition) is 1. The van der Waals surface area contributed by atoms with Crippen LogP contribution in [0, 0.1) is 17.7 Å². The zero-order valence-electron chi connectivity index (χ0n) is 11.6. The first kappa shape index (κ1) is 15.2. The van der Waals surface area contributed by atoms with Crippen molar-refractivity contribution in [2.75, 3.05) is 0 Å². The van der Waals surface area contributed by atoms with E-state index in [1.54, 1.807) is 0 Å². The Balaban J connectivity index is 2.18. The molecule has 1 aromatic carbocycles. The molecule has 1 nitrogen and oxygen atoms in total. The Morgan fingerprint density at radius 3 is 2.40 bits per heavy atom. The number of hydrogen-bond donors (Lipinski definition) is 0. The molecule has 0 aromatic heterocycles. The fourth-order valence-corrected chi connectivity index (χ4v) is 2.67. The van der Waals surface area contributed by atoms with Gasteiger partial charge in [0.1, 0.15) is 5.82 Å². The van der Waals surface area contributed by atoms with Gasteiger partial charge in [0.05, 0.1) is 11.9 Å². The fourth-order valence-electron chi connectivity index (χ4n) is 2.67. The molecule has 0 heterocycles. The van der Waals surface area contributed by atoms with E-state index >= 15 is 0 Å². The maximum absolute atomic E-state index is 13.2. The summed E-state index contributed by atoms with van der Waals surface area (Å²) in [4.78, 5) is 0. The minimum absolute atomic E-state index is 0.264. The SMILES string of the molecule is CC1CCC(Oc2cc(F)ccc2[B-](F)(F)F)CC1C. The van der Waals surface area contributed by atoms with E-state index in [2.05, 4.69) is 13.8 Å². The van der Waals surface area contributed by atoms with Gasteiger partial charge in [-0.25, -0.2) is 4.39 Å². The lowest BCUT2D eigenvalue weighted by Crippen LogP contribution is -2.37. The molecule has 1 fully saturated rings. The Bertz CT molecular complexity index is 475. The normalized spacial score (nSPS) is 27.4. The van der Waals surface area contributed by atoms with Gasteiger partial charge in [-0.15, -0.1) is 0 Å². The molecule has 0 amide bonds. The molecule has 20 heavy (non-hydrogen) atoms. The minimum Gasteiger partial charge on any atom is -0.493 e. The van der Waals surface area contributed by atoms with Crippen molar-refractivity contribution >= 4 is 12.4 Å². The molecule has 112 valence electrons. The van der Waals surface area contributed by atoms with E-state index in [0.717, 1.165) is 24.6 Å². The molecule has 0 aliphatic heterocycles. The fraction of sp³-hybridized carbons (Fsp3) is 0.571. The molecule has 0 saturated heterocycles. The smallest absolute Gasteiger partial charge is 0.493 e. The minimum atomic E-state index is -5.20. The van der Waals surface area contributed by atoms with Gasteiger partial charge in [0.25, 0.3) is 0 Å². The van der Waals surface area contributed by atoms with Gasteiger partial charge in [-0.05, 0) is 37.2 Å². The standard InChI is InChI=1S/C14H18BF4O/c1-9-3-5-12(7-10(9)2)20-14-8-11(16)4-6-13(14)15(17,18)19/h4,6,8-10,12H,3,5,7H2,1-2H3/q-1. The average molecular weight is 289 g/mol. The molecule has 1 aromatic rings. The maximum atomic E-state index is 13.2. The first-order valence-corrected chi connectivity index (χ1v) is 6.93. The first-order valence-electron chi connectivity index (χ1n) is 6.93. The van der Waals surface area contributed by atoms with Crippen molar-refractivity contribution in [3.8, 4) is 5.75 Å². The van der Waals surface area contributed by atoms with Crippen LogP contribution in [0.2, 0.25) is 0 Å². The Labute approximate surface area is 116 Å². The predicted octanol–water partition coefficient (Wildman–Crippen LogP) is 4.08. The lowest BCUT2D eigenvalue weighted by atomic mass is 9.78. The Morgan fingerprint density at radius 2 is 1.80 bits per heavy atom. The second-order valence-electron chi connectivity index (χ2n) is 5.76. The Kier molecular flexibility index (Phi) is 4.30. The molecule has 0 radical (unpaired) electrons. The summed E-state index contributed by atoms with van der Waals surface area (Å²) in [6, 6.07) is 2.43. The topological polar surface area (TPSA) is 9.23 Å². The van der Waals surface area contributed by atoms with Gasteiger partial charge in [0.15, 0.2) is 0 Å². The molecule has 1 aliphatic rings. The zero-order valence-corrected chi connectivity index (χ0v) is 11.6. The Hall–Kier alpha value is -1.20. The average Bonchev–Trinajstić information content (AvgIpc) is 2.32. The molecule has 0 N–H and O–H groups in total. The van der Waals surface area contributed by atoms with Crippen molar-refractivity contribution in [2.45, 2.75) is 39.2 Å². The highest BCUT2D eigenvalue weighted by Gasteiger charge is 2.32. The van der Waals surface area contributed by atoms with E-state index in [4.69, 9.17) is 4.74 Å². The van der Waals surface area contributed by atoms with Gasteiger partial charge in [0, 0.05) is 6.07 Å². The van der Waals surface area contributed by atoms with E-state index in [1.807, 2.05) is 0 Å². The van der Waals surface area contributed by atoms with Crippen LogP contribution < -0.4 is 10.2 Å². The van der Waals surface area contributed by atoms with Crippen LogP contribution in [0.4, 0.5) is 17.3 Å². The van der Waals surface area contributed by atoms with Crippen molar-refractivity contribution in [1.82, 2.24) is 0 Å². The molecule has 0 bridgehead atoms. The van der Waals surface area contributed by atoms with Gasteiger partial charge in [-0.2, -0.15) is 0 Å². The molecule has 6 heteroatoms. The molecule has 3 atom stereocenters. The molecule has 2 rings (SSSR count). The maximum Gasteiger partial charge on any atom is 0.513 e. The summed E-state index contributed by atoms with van der Waals surface area (Å²) in [7, 11) is 0. The van der Waals surface area contributed by atoms with Gasteiger partial charge < -0.3 is 17.7 Å². The van der Waals surface area contributed by atoms with E-state index in [9.17, 15) is 17.3 Å². The lowest BCUT2D eigenvalue weighted by Gasteiger charge is -2.33. The van der Waals surface area contributed by atoms with Crippen molar-refractivity contribution in [2.24, 2.45) is 11.8 Å². The molecule has 1 aliphatic carbocycles. The van der Waals surface area contributed by atoms with Crippen LogP contribution in [0.25, 0.3) is 0 Å². The lowest BCUT2D eigenvalue weighted by molar-refractivity contribution is 0.101. The van der Waals surface area contributed by atoms with Gasteiger partial charge >= 0.3 is 6.98 Å². The third-order valence-electron chi connectivity index (χ3n) is 4.17. The predicted molar refractivity (Wildman–Crippen MR) is 71.7 cm³/mol. The van der Waals surface area contributed by atoms with Crippen LogP contribution in [-0.4, -0.2) is 13.1 Å². The summed E-state index contributed by atoms with van der Waals surface area (Å²) in [5.74, 6) is -0.124. The monoisotopic (exact) mass is 289 g/mol. The molecular weight excluding hydrogens is 271 g/mol. The van der Waals surface area contributed by atoms with Gasteiger partial charge in [-0.3, -0.25) is 0 Å². The van der Waals surface area contributed by atoms with Crippen LogP contribution in [0.15, 0.2) is 18.2 Å². The summed E-state index contributed by atoms with van der Waals surface area (Å²) in [5, 5.41) is 0. The zero-order chi connectivity index (χ0) is 14.9. The first-order chi connectivity index (χ1) is 9.27. The van der Waals surface area contributed by atoms with Gasteiger partial charge in [0.2, 0.25) is 0 Å². The molecule has 0 spiro atoms. The van der Waals surface area contributed by atoms with Gasteiger partial charge in [-0.1, -0.05) is 25.4 Å². The van der Waals surface area contributed by atoms with Crippen molar-refractivity contribution < 1.29 is 22.1 Å². The largest absolute Gasteiger partial charge is 0.513 e. The second kappa shape index (κ2) is 5.66. The number of rotatable bonds is 3. The summed E-state index contributed by atoms with van der Waals surface area (Å²) in [6.45, 7) is -0.993. The molecular formula is C14H18BF4O-. The van der Waals surface area contributed by atoms with E-state index in [-0.39, 0.29) is 11.9 Å². The summed E-state index contributed by atoms with van der Waals surface area (Å²) < 4.78 is 57.5. The third kappa shape index (κ3) is 3.47. The Morgan fingerprint density at radius 1 is 1.10 bits per heavy atom. The van der Waals surface area contributed by atoms with Crippen molar-refractivity contribution in [3.63, 3.8) is 0 Å². The van der Waals surface area contributed by atoms with Crippen LogP contribution in [0.1, 0.15) is 33.1 Å². The van der Waals surface area contributed by atoms with E-state index in [0.29, 0.717) is 24.7 Å². The van der Waals surface area contributed by atoms with Crippen molar-refractivity contribution in [3.05, 3.63) is 24.0 Å². The molecule has 3 unspecified atom stereocenters. The quantitative estimate of drug-likeness (QED) is 0.601. The highest BCUT2D eigenvalue weighted by Crippen LogP contribution is 2.32. The molecule has 1 saturated carbocycles. The summed E-state index contributed by atoms with van der Waals surface area (Å²) in [5.41, 5.74) is -0.849. The second-order valence-corrected chi connectivity index (χ2v) is 5.76. The number of benzene rings is 1. The summed E-state index contributed by atoms with van der Waals surface area (Å²) in [6.07, 6.45) is 2.09. The third-order valence-corrected chi connectivity index (χ3v) is 4.17. The van der Waals surface area contributed by atoms with E-state index < -0.39 is 18.3 Å². The highest BCUT2D eigenvalue weighted by molar-refractivity contribution is 6.74. The van der Waals surface area contributed by atoms with Crippen LogP contribution in [0.5, 0.6) is 5.75 Å². The summed E-state index contributed by atoms with van der Waals surface area (Å²) >= 11 is 0. The van der Waals surface area contributed by atoms with E-state index in [1.165, 1.54) is 0 Å².